The summed E-state index contributed by atoms with van der Waals surface area (Å²) in [6.07, 6.45) is 2.67. The molecule has 0 spiro atoms. The number of hydrogen-bond acceptors (Lipinski definition) is 8. The Kier molecular flexibility index (Phi) is 9.88. The fourth-order valence-corrected chi connectivity index (χ4v) is 5.64. The number of amides is 1. The molecular formula is C29H22Cl3NO7S. The summed E-state index contributed by atoms with van der Waals surface area (Å²) in [6, 6.07) is 15.2. The van der Waals surface area contributed by atoms with E-state index in [9.17, 15) is 19.5 Å². The van der Waals surface area contributed by atoms with Crippen LogP contribution in [-0.2, 0) is 19.1 Å². The van der Waals surface area contributed by atoms with Crippen LogP contribution in [0.5, 0.6) is 5.75 Å². The lowest BCUT2D eigenvalue weighted by Gasteiger charge is -2.29. The maximum absolute atomic E-state index is 13.7. The minimum Gasteiger partial charge on any atom is -0.502 e. The highest BCUT2D eigenvalue weighted by atomic mass is 35.5. The highest BCUT2D eigenvalue weighted by Crippen LogP contribution is 2.50. The predicted molar refractivity (Wildman–Crippen MR) is 158 cm³/mol. The molecule has 4 rings (SSSR count). The van der Waals surface area contributed by atoms with E-state index in [-0.39, 0.29) is 28.5 Å². The Hall–Kier alpha value is -3.63. The second-order valence-electron chi connectivity index (χ2n) is 8.42. The van der Waals surface area contributed by atoms with Crippen LogP contribution < -0.4 is 9.64 Å². The summed E-state index contributed by atoms with van der Waals surface area (Å²) in [4.78, 5) is 39.6. The molecule has 1 amide bonds. The Bertz CT molecular complexity index is 1560. The van der Waals surface area contributed by atoms with E-state index >= 15 is 0 Å². The van der Waals surface area contributed by atoms with Gasteiger partial charge in [-0.2, -0.15) is 0 Å². The van der Waals surface area contributed by atoms with Crippen LogP contribution in [0.25, 0.3) is 0 Å². The van der Waals surface area contributed by atoms with Crippen LogP contribution in [-0.4, -0.2) is 43.8 Å². The number of hydrogen-bond donors (Lipinski definition) is 1. The number of rotatable bonds is 9. The van der Waals surface area contributed by atoms with Crippen molar-refractivity contribution in [3.05, 3.63) is 110 Å². The van der Waals surface area contributed by atoms with Gasteiger partial charge in [-0.3, -0.25) is 9.69 Å². The highest BCUT2D eigenvalue weighted by Gasteiger charge is 2.43. The predicted octanol–water partition coefficient (Wildman–Crippen LogP) is 7.19. The van der Waals surface area contributed by atoms with E-state index in [1.165, 1.54) is 43.4 Å². The number of carbonyl (C=O) groups excluding carboxylic acids is 3. The second kappa shape index (κ2) is 13.4. The number of carbonyl (C=O) groups is 3. The van der Waals surface area contributed by atoms with E-state index in [1.807, 2.05) is 0 Å². The summed E-state index contributed by atoms with van der Waals surface area (Å²) in [5.74, 6) is -2.18. The molecular weight excluding hydrogens is 613 g/mol. The van der Waals surface area contributed by atoms with Crippen LogP contribution in [0.4, 0.5) is 5.69 Å². The SMILES string of the molecule is COC(=O)C=CCOc1ccc(Cl)cc1N1C(=O)C(O)=C(Sc2ccc(Cl)cc2C(=O)OC)C1c1ccc(Cl)cc1. The quantitative estimate of drug-likeness (QED) is 0.195. The summed E-state index contributed by atoms with van der Waals surface area (Å²) >= 11 is 19.6. The van der Waals surface area contributed by atoms with Gasteiger partial charge in [-0.15, -0.1) is 0 Å². The van der Waals surface area contributed by atoms with E-state index in [2.05, 4.69) is 4.74 Å². The third-order valence-corrected chi connectivity index (χ3v) is 7.82. The Balaban J connectivity index is 1.81. The Morgan fingerprint density at radius 1 is 0.951 bits per heavy atom. The van der Waals surface area contributed by atoms with Gasteiger partial charge >= 0.3 is 11.9 Å². The number of methoxy groups -OCH3 is 2. The van der Waals surface area contributed by atoms with Gasteiger partial charge in [0.25, 0.3) is 5.91 Å². The molecule has 1 atom stereocenters. The number of nitrogens with zero attached hydrogens (tertiary/aromatic N) is 1. The van der Waals surface area contributed by atoms with Crippen LogP contribution in [0, 0.1) is 0 Å². The fourth-order valence-electron chi connectivity index (χ4n) is 4.01. The van der Waals surface area contributed by atoms with Gasteiger partial charge in [0.1, 0.15) is 12.4 Å². The number of esters is 2. The number of thioether (sulfide) groups is 1. The Morgan fingerprint density at radius 3 is 2.29 bits per heavy atom. The van der Waals surface area contributed by atoms with Crippen LogP contribution in [0.1, 0.15) is 22.0 Å². The van der Waals surface area contributed by atoms with Gasteiger partial charge < -0.3 is 19.3 Å². The van der Waals surface area contributed by atoms with Gasteiger partial charge in [-0.1, -0.05) is 58.7 Å². The van der Waals surface area contributed by atoms with Crippen molar-refractivity contribution in [3.63, 3.8) is 0 Å². The Morgan fingerprint density at radius 2 is 1.61 bits per heavy atom. The molecule has 0 bridgehead atoms. The second-order valence-corrected chi connectivity index (χ2v) is 10.8. The molecule has 1 aliphatic heterocycles. The maximum atomic E-state index is 13.7. The minimum absolute atomic E-state index is 0.0222. The first-order chi connectivity index (χ1) is 19.6. The molecule has 0 saturated heterocycles. The monoisotopic (exact) mass is 633 g/mol. The number of ether oxygens (including phenoxy) is 3. The topological polar surface area (TPSA) is 102 Å². The van der Waals surface area contributed by atoms with Gasteiger partial charge in [0.15, 0.2) is 5.76 Å². The van der Waals surface area contributed by atoms with Crippen molar-refractivity contribution >= 4 is 70.1 Å². The molecule has 0 fully saturated rings. The largest absolute Gasteiger partial charge is 0.502 e. The number of halogens is 3. The van der Waals surface area contributed by atoms with Crippen LogP contribution >= 0.6 is 46.6 Å². The van der Waals surface area contributed by atoms with Crippen LogP contribution in [0.3, 0.4) is 0 Å². The zero-order chi connectivity index (χ0) is 29.7. The molecule has 1 aliphatic rings. The summed E-state index contributed by atoms with van der Waals surface area (Å²) in [5.41, 5.74) is 1.04. The first-order valence-corrected chi connectivity index (χ1v) is 13.8. The van der Waals surface area contributed by atoms with E-state index in [1.54, 1.807) is 48.5 Å². The Labute approximate surface area is 255 Å². The maximum Gasteiger partial charge on any atom is 0.339 e. The molecule has 0 saturated carbocycles. The third kappa shape index (κ3) is 6.82. The molecule has 41 heavy (non-hydrogen) atoms. The first-order valence-electron chi connectivity index (χ1n) is 11.9. The fraction of sp³-hybridized carbons (Fsp3) is 0.138. The molecule has 0 radical (unpaired) electrons. The van der Waals surface area contributed by atoms with Crippen molar-refractivity contribution < 1.29 is 33.7 Å². The first kappa shape index (κ1) is 30.3. The van der Waals surface area contributed by atoms with Crippen molar-refractivity contribution in [3.8, 4) is 5.75 Å². The molecule has 12 heteroatoms. The summed E-state index contributed by atoms with van der Waals surface area (Å²) in [5, 5.41) is 12.3. The number of benzene rings is 3. The normalized spacial score (nSPS) is 15.0. The lowest BCUT2D eigenvalue weighted by molar-refractivity contribution is -0.134. The number of aliphatic hydroxyl groups is 1. The average Bonchev–Trinajstić information content (AvgIpc) is 3.21. The summed E-state index contributed by atoms with van der Waals surface area (Å²) < 4.78 is 15.4. The van der Waals surface area contributed by atoms with Gasteiger partial charge in [-0.25, -0.2) is 9.59 Å². The highest BCUT2D eigenvalue weighted by molar-refractivity contribution is 8.03. The van der Waals surface area contributed by atoms with Gasteiger partial charge in [0.2, 0.25) is 0 Å². The lowest BCUT2D eigenvalue weighted by atomic mass is 10.1. The van der Waals surface area contributed by atoms with Crippen molar-refractivity contribution in [2.45, 2.75) is 10.9 Å². The standard InChI is InChI=1S/C29H22Cl3NO7S/c1-38-24(34)4-3-13-40-22-11-9-19(32)15-21(22)33-25(16-5-7-17(30)8-6-16)27(26(35)28(33)36)41-23-12-10-18(31)14-20(23)29(37)39-2/h3-12,14-15,25,35H,13H2,1-2H3. The smallest absolute Gasteiger partial charge is 0.339 e. The molecule has 1 unspecified atom stereocenters. The van der Waals surface area contributed by atoms with Crippen molar-refractivity contribution in [2.24, 2.45) is 0 Å². The van der Waals surface area contributed by atoms with E-state index < -0.39 is 29.6 Å². The molecule has 3 aromatic rings. The molecule has 1 N–H and O–H groups in total. The van der Waals surface area contributed by atoms with Gasteiger partial charge in [0.05, 0.1) is 36.4 Å². The van der Waals surface area contributed by atoms with E-state index in [4.69, 9.17) is 44.3 Å². The zero-order valence-electron chi connectivity index (χ0n) is 21.6. The lowest BCUT2D eigenvalue weighted by Crippen LogP contribution is -2.30. The third-order valence-electron chi connectivity index (χ3n) is 5.88. The molecule has 8 nitrogen and oxygen atoms in total. The van der Waals surface area contributed by atoms with Crippen LogP contribution in [0.2, 0.25) is 15.1 Å². The van der Waals surface area contributed by atoms with Gasteiger partial charge in [0, 0.05) is 26.0 Å². The van der Waals surface area contributed by atoms with Crippen molar-refractivity contribution in [2.75, 3.05) is 25.7 Å². The average molecular weight is 635 g/mol. The van der Waals surface area contributed by atoms with Gasteiger partial charge in [-0.05, 0) is 60.2 Å². The molecule has 212 valence electrons. The number of aliphatic hydroxyl groups excluding tert-OH is 1. The summed E-state index contributed by atoms with van der Waals surface area (Å²) in [6.45, 7) is -0.0222. The molecule has 0 aliphatic carbocycles. The number of anilines is 1. The van der Waals surface area contributed by atoms with Crippen molar-refractivity contribution in [1.82, 2.24) is 0 Å². The van der Waals surface area contributed by atoms with Crippen LogP contribution in [0.15, 0.2) is 88.4 Å². The summed E-state index contributed by atoms with van der Waals surface area (Å²) in [7, 11) is 2.50. The molecule has 1 heterocycles. The molecule has 0 aromatic heterocycles. The van der Waals surface area contributed by atoms with E-state index in [0.29, 0.717) is 25.5 Å². The zero-order valence-corrected chi connectivity index (χ0v) is 24.7. The van der Waals surface area contributed by atoms with Crippen molar-refractivity contribution in [1.29, 1.82) is 0 Å². The molecule has 3 aromatic carbocycles. The minimum atomic E-state index is -0.864. The van der Waals surface area contributed by atoms with E-state index in [0.717, 1.165) is 11.8 Å².